The summed E-state index contributed by atoms with van der Waals surface area (Å²) in [7, 11) is 0. The summed E-state index contributed by atoms with van der Waals surface area (Å²) in [6, 6.07) is 19.8. The Labute approximate surface area is 183 Å². The van der Waals surface area contributed by atoms with Crippen molar-refractivity contribution in [2.75, 3.05) is 19.0 Å². The smallest absolute Gasteiger partial charge is 0.147 e. The molecule has 1 N–H and O–H groups in total. The van der Waals surface area contributed by atoms with E-state index in [1.165, 1.54) is 11.1 Å². The lowest BCUT2D eigenvalue weighted by Gasteiger charge is -2.53. The van der Waals surface area contributed by atoms with Gasteiger partial charge in [-0.05, 0) is 48.3 Å². The number of nitrogens with one attached hydrogen (secondary N) is 1. The second-order valence-corrected chi connectivity index (χ2v) is 9.04. The fraction of sp³-hybridized carbons (Fsp3) is 0.440. The van der Waals surface area contributed by atoms with E-state index < -0.39 is 0 Å². The van der Waals surface area contributed by atoms with Crippen LogP contribution in [0.5, 0.6) is 0 Å². The van der Waals surface area contributed by atoms with Gasteiger partial charge in [-0.1, -0.05) is 54.6 Å². The quantitative estimate of drug-likeness (QED) is 0.590. The van der Waals surface area contributed by atoms with E-state index >= 15 is 0 Å². The zero-order valence-electron chi connectivity index (χ0n) is 17.1. The number of rotatable bonds is 4. The van der Waals surface area contributed by atoms with E-state index in [0.717, 1.165) is 50.0 Å². The molecule has 5 rings (SSSR count). The maximum absolute atomic E-state index is 11.8. The van der Waals surface area contributed by atoms with Crippen LogP contribution in [-0.4, -0.2) is 40.9 Å². The van der Waals surface area contributed by atoms with Gasteiger partial charge in [0, 0.05) is 25.0 Å². The van der Waals surface area contributed by atoms with Gasteiger partial charge in [-0.15, -0.1) is 11.6 Å². The zero-order chi connectivity index (χ0) is 20.5. The van der Waals surface area contributed by atoms with Crippen LogP contribution in [0, 0.1) is 5.92 Å². The van der Waals surface area contributed by atoms with Crippen LogP contribution in [-0.2, 0) is 11.2 Å². The number of hydrazine groups is 1. The Morgan fingerprint density at radius 3 is 2.70 bits per heavy atom. The Balaban J connectivity index is 1.44. The first-order chi connectivity index (χ1) is 14.8. The van der Waals surface area contributed by atoms with E-state index in [1.807, 2.05) is 18.2 Å². The van der Waals surface area contributed by atoms with Crippen molar-refractivity contribution >= 4 is 17.5 Å². The number of allylic oxidation sites excluding steroid dienone is 1. The Bertz CT molecular complexity index is 942. The molecule has 0 aromatic heterocycles. The number of alkyl halides is 1. The minimum Gasteiger partial charge on any atom is -0.298 e. The molecule has 0 amide bonds. The monoisotopic (exact) mass is 421 g/mol. The third kappa shape index (κ3) is 3.59. The Morgan fingerprint density at radius 1 is 1.10 bits per heavy atom. The van der Waals surface area contributed by atoms with Gasteiger partial charge in [-0.2, -0.15) is 0 Å². The van der Waals surface area contributed by atoms with Gasteiger partial charge >= 0.3 is 0 Å². The molecule has 0 aliphatic carbocycles. The average Bonchev–Trinajstić information content (AvgIpc) is 2.81. The topological polar surface area (TPSA) is 35.6 Å². The second kappa shape index (κ2) is 8.56. The molecule has 4 nitrogen and oxygen atoms in total. The summed E-state index contributed by atoms with van der Waals surface area (Å²) >= 11 is 6.36. The molecule has 2 fully saturated rings. The van der Waals surface area contributed by atoms with E-state index in [2.05, 4.69) is 57.7 Å². The van der Waals surface area contributed by atoms with Crippen LogP contribution >= 0.6 is 11.6 Å². The predicted molar refractivity (Wildman–Crippen MR) is 120 cm³/mol. The SMILES string of the molecule is O=C=C1CC[C@@H]2CN3CCc4ccccc4[C@@H]3C[C@@H]2N1N[C@@H](CCl)c1ccccc1. The lowest BCUT2D eigenvalue weighted by molar-refractivity contribution is -0.0185. The van der Waals surface area contributed by atoms with Crippen LogP contribution in [0.15, 0.2) is 60.3 Å². The van der Waals surface area contributed by atoms with Crippen molar-refractivity contribution in [3.8, 4) is 0 Å². The summed E-state index contributed by atoms with van der Waals surface area (Å²) in [6.07, 6.45) is 3.98. The number of benzene rings is 2. The summed E-state index contributed by atoms with van der Waals surface area (Å²) in [6.45, 7) is 2.22. The second-order valence-electron chi connectivity index (χ2n) is 8.73. The van der Waals surface area contributed by atoms with Crippen molar-refractivity contribution < 1.29 is 4.79 Å². The molecule has 5 heteroatoms. The van der Waals surface area contributed by atoms with Gasteiger partial charge in [0.05, 0.1) is 12.1 Å². The van der Waals surface area contributed by atoms with Gasteiger partial charge in [0.2, 0.25) is 0 Å². The Hall–Kier alpha value is -2.10. The Kier molecular flexibility index (Phi) is 5.66. The minimum atomic E-state index is -0.0355. The fourth-order valence-corrected chi connectivity index (χ4v) is 5.86. The number of hydrogen-bond acceptors (Lipinski definition) is 4. The number of hydrogen-bond donors (Lipinski definition) is 1. The van der Waals surface area contributed by atoms with Gasteiger partial charge in [0.1, 0.15) is 11.6 Å². The zero-order valence-corrected chi connectivity index (χ0v) is 17.9. The lowest BCUT2D eigenvalue weighted by atomic mass is 9.76. The summed E-state index contributed by atoms with van der Waals surface area (Å²) in [5.41, 5.74) is 8.43. The van der Waals surface area contributed by atoms with Crippen molar-refractivity contribution in [1.29, 1.82) is 0 Å². The molecule has 3 aliphatic heterocycles. The molecule has 156 valence electrons. The summed E-state index contributed by atoms with van der Waals surface area (Å²) in [4.78, 5) is 14.5. The summed E-state index contributed by atoms with van der Waals surface area (Å²) < 4.78 is 0. The first-order valence-corrected chi connectivity index (χ1v) is 11.5. The molecule has 0 saturated carbocycles. The summed E-state index contributed by atoms with van der Waals surface area (Å²) in [5, 5.41) is 2.13. The molecular formula is C25H28ClN3O. The van der Waals surface area contributed by atoms with E-state index in [4.69, 9.17) is 11.6 Å². The molecule has 0 bridgehead atoms. The largest absolute Gasteiger partial charge is 0.298 e. The first kappa shape index (κ1) is 19.8. The maximum atomic E-state index is 11.8. The third-order valence-electron chi connectivity index (χ3n) is 7.14. The molecule has 30 heavy (non-hydrogen) atoms. The summed E-state index contributed by atoms with van der Waals surface area (Å²) in [5.74, 6) is 3.22. The van der Waals surface area contributed by atoms with Crippen LogP contribution < -0.4 is 5.43 Å². The van der Waals surface area contributed by atoms with Crippen molar-refractivity contribution in [3.63, 3.8) is 0 Å². The fourth-order valence-electron chi connectivity index (χ4n) is 5.61. The molecule has 3 aliphatic rings. The standard InChI is InChI=1S/C25H28ClN3O/c26-15-23(19-7-2-1-3-8-19)27-29-21(17-30)11-10-20-16-28-13-12-18-6-4-5-9-22(18)25(28)14-24(20)29/h1-9,20,23-25,27H,10-16H2/t20-,23+,24+,25+/m1/s1. The number of halogens is 1. The van der Waals surface area contributed by atoms with E-state index in [0.29, 0.717) is 17.8 Å². The van der Waals surface area contributed by atoms with Gasteiger partial charge in [0.25, 0.3) is 0 Å². The molecular weight excluding hydrogens is 394 g/mol. The van der Waals surface area contributed by atoms with Crippen LogP contribution in [0.3, 0.4) is 0 Å². The average molecular weight is 422 g/mol. The van der Waals surface area contributed by atoms with Gasteiger partial charge in [-0.25, -0.2) is 10.2 Å². The van der Waals surface area contributed by atoms with Gasteiger partial charge in [-0.3, -0.25) is 9.91 Å². The molecule has 4 atom stereocenters. The molecule has 0 radical (unpaired) electrons. The van der Waals surface area contributed by atoms with Gasteiger partial charge < -0.3 is 0 Å². The van der Waals surface area contributed by atoms with Gasteiger partial charge in [0.15, 0.2) is 0 Å². The predicted octanol–water partition coefficient (Wildman–Crippen LogP) is 4.27. The van der Waals surface area contributed by atoms with Crippen LogP contribution in [0.2, 0.25) is 0 Å². The highest BCUT2D eigenvalue weighted by Crippen LogP contribution is 2.44. The Morgan fingerprint density at radius 2 is 1.90 bits per heavy atom. The number of piperidine rings is 2. The third-order valence-corrected chi connectivity index (χ3v) is 7.45. The number of carbonyl (C=O) groups excluding carboxylic acids is 1. The van der Waals surface area contributed by atoms with E-state index in [-0.39, 0.29) is 12.1 Å². The van der Waals surface area contributed by atoms with Crippen molar-refractivity contribution in [1.82, 2.24) is 15.3 Å². The highest BCUT2D eigenvalue weighted by molar-refractivity contribution is 6.18. The minimum absolute atomic E-state index is 0.0355. The normalized spacial score (nSPS) is 26.9. The number of fused-ring (bicyclic) bond motifs is 4. The van der Waals surface area contributed by atoms with Crippen LogP contribution in [0.1, 0.15) is 48.0 Å². The molecule has 0 unspecified atom stereocenters. The highest BCUT2D eigenvalue weighted by Gasteiger charge is 2.44. The number of nitrogens with zero attached hydrogens (tertiary/aromatic N) is 2. The molecule has 2 aromatic carbocycles. The maximum Gasteiger partial charge on any atom is 0.147 e. The van der Waals surface area contributed by atoms with E-state index in [1.54, 1.807) is 0 Å². The lowest BCUT2D eigenvalue weighted by Crippen LogP contribution is -2.59. The molecule has 2 aromatic rings. The molecule has 0 spiro atoms. The van der Waals surface area contributed by atoms with E-state index in [9.17, 15) is 4.79 Å². The van der Waals surface area contributed by atoms with Crippen LogP contribution in [0.4, 0.5) is 0 Å². The van der Waals surface area contributed by atoms with Crippen LogP contribution in [0.25, 0.3) is 0 Å². The van der Waals surface area contributed by atoms with Crippen molar-refractivity contribution in [2.45, 2.75) is 43.8 Å². The molecule has 3 heterocycles. The highest BCUT2D eigenvalue weighted by atomic mass is 35.5. The molecule has 2 saturated heterocycles. The van der Waals surface area contributed by atoms with Crippen molar-refractivity contribution in [3.05, 3.63) is 77.0 Å². The van der Waals surface area contributed by atoms with Crippen molar-refractivity contribution in [2.24, 2.45) is 5.92 Å². The first-order valence-electron chi connectivity index (χ1n) is 11.0.